The maximum Gasteiger partial charge on any atom is 0.240 e. The Hall–Kier alpha value is -0.556. The molecular weight excluding hydrogens is 555 g/mol. The van der Waals surface area contributed by atoms with Crippen molar-refractivity contribution in [3.8, 4) is 0 Å². The number of aliphatic hydroxyl groups is 1. The third-order valence-electron chi connectivity index (χ3n) is 10.0. The molecule has 0 amide bonds. The number of hydrogen-bond acceptors (Lipinski definition) is 5. The molecule has 0 aliphatic carbocycles. The zero-order valence-electron chi connectivity index (χ0n) is 27.5. The molecule has 0 bridgehead atoms. The Bertz CT molecular complexity index is 997. The van der Waals surface area contributed by atoms with Gasteiger partial charge in [-0.05, 0) is 42.1 Å². The van der Waals surface area contributed by atoms with Crippen molar-refractivity contribution < 1.29 is 22.7 Å². The molecule has 6 nitrogen and oxygen atoms in total. The minimum Gasteiger partial charge on any atom is -0.411 e. The predicted molar refractivity (Wildman–Crippen MR) is 173 cm³/mol. The summed E-state index contributed by atoms with van der Waals surface area (Å²) in [6.07, 6.45) is -0.926. The normalized spacial score (nSPS) is 23.7. The van der Waals surface area contributed by atoms with Crippen molar-refractivity contribution in [3.63, 3.8) is 0 Å². The first-order chi connectivity index (χ1) is 18.4. The molecule has 0 aromatic heterocycles. The van der Waals surface area contributed by atoms with Gasteiger partial charge >= 0.3 is 0 Å². The fourth-order valence-corrected chi connectivity index (χ4v) is 23.5. The van der Waals surface area contributed by atoms with E-state index in [1.54, 1.807) is 12.1 Å². The summed E-state index contributed by atoms with van der Waals surface area (Å²) in [5.41, 5.74) is 2.54. The molecule has 2 rings (SSSR count). The summed E-state index contributed by atoms with van der Waals surface area (Å²) < 4.78 is 44.9. The van der Waals surface area contributed by atoms with Crippen molar-refractivity contribution in [1.82, 2.24) is 4.72 Å². The van der Waals surface area contributed by atoms with Gasteiger partial charge in [0.15, 0.2) is 6.29 Å². The number of hydrogen-bond donors (Lipinski definition) is 2. The molecule has 1 aliphatic rings. The predicted octanol–water partition coefficient (Wildman–Crippen LogP) is 7.99. The number of ether oxygens (including phenoxy) is 1. The quantitative estimate of drug-likeness (QED) is 0.233. The Morgan fingerprint density at radius 2 is 1.27 bits per heavy atom. The third kappa shape index (κ3) is 6.81. The van der Waals surface area contributed by atoms with E-state index in [0.717, 1.165) is 5.56 Å². The molecule has 1 aliphatic heterocycles. The summed E-state index contributed by atoms with van der Waals surface area (Å²) in [4.78, 5) is 0.237. The number of sulfonamides is 1. The van der Waals surface area contributed by atoms with Crippen molar-refractivity contribution in [2.45, 2.75) is 159 Å². The molecule has 0 spiro atoms. The monoisotopic (exact) mass is 613 g/mol. The zero-order valence-corrected chi connectivity index (χ0v) is 30.3. The summed E-state index contributed by atoms with van der Waals surface area (Å²) in [6.45, 7) is 29.3. The van der Waals surface area contributed by atoms with E-state index < -0.39 is 44.9 Å². The van der Waals surface area contributed by atoms with Gasteiger partial charge in [0.2, 0.25) is 18.3 Å². The molecular formula is C31H59NO5SSi2. The van der Waals surface area contributed by atoms with Crippen molar-refractivity contribution in [2.24, 2.45) is 0 Å². The molecule has 2 N–H and O–H groups in total. The van der Waals surface area contributed by atoms with Gasteiger partial charge in [0, 0.05) is 5.54 Å². The lowest BCUT2D eigenvalue weighted by Crippen LogP contribution is -2.63. The zero-order chi connectivity index (χ0) is 30.8. The van der Waals surface area contributed by atoms with Gasteiger partial charge in [-0.2, -0.15) is 0 Å². The van der Waals surface area contributed by atoms with E-state index in [0.29, 0.717) is 46.3 Å². The lowest BCUT2D eigenvalue weighted by molar-refractivity contribution is -0.0991. The van der Waals surface area contributed by atoms with Gasteiger partial charge in [-0.25, -0.2) is 13.1 Å². The van der Waals surface area contributed by atoms with Crippen LogP contribution in [-0.4, -0.2) is 55.0 Å². The number of benzene rings is 1. The van der Waals surface area contributed by atoms with Gasteiger partial charge < -0.3 is 14.3 Å². The van der Waals surface area contributed by atoms with Crippen molar-refractivity contribution in [2.75, 3.05) is 6.61 Å². The van der Waals surface area contributed by atoms with Crippen LogP contribution >= 0.6 is 0 Å². The molecule has 0 radical (unpaired) electrons. The lowest BCUT2D eigenvalue weighted by Gasteiger charge is -2.54. The summed E-state index contributed by atoms with van der Waals surface area (Å²) in [5.74, 6) is 0. The van der Waals surface area contributed by atoms with Gasteiger partial charge in [0.1, 0.15) is 0 Å². The Morgan fingerprint density at radius 1 is 0.825 bits per heavy atom. The second kappa shape index (κ2) is 13.8. The number of nitrogens with one attached hydrogen (secondary N) is 1. The molecule has 1 aromatic carbocycles. The third-order valence-corrected chi connectivity index (χ3v) is 25.4. The van der Waals surface area contributed by atoms with Crippen LogP contribution in [0, 0.1) is 6.92 Å². The number of aryl methyl sites for hydroxylation is 1. The van der Waals surface area contributed by atoms with Crippen LogP contribution in [0.15, 0.2) is 29.2 Å². The first-order valence-corrected chi connectivity index (χ1v) is 21.4. The average molecular weight is 614 g/mol. The van der Waals surface area contributed by atoms with Crippen LogP contribution in [0.3, 0.4) is 0 Å². The summed E-state index contributed by atoms with van der Waals surface area (Å²) in [5, 5.41) is 11.8. The van der Waals surface area contributed by atoms with Gasteiger partial charge in [-0.3, -0.25) is 0 Å². The highest BCUT2D eigenvalue weighted by molar-refractivity contribution is 7.89. The van der Waals surface area contributed by atoms with E-state index in [4.69, 9.17) is 9.16 Å². The number of rotatable bonds is 12. The number of aliphatic hydroxyl groups excluding tert-OH is 1. The van der Waals surface area contributed by atoms with Crippen LogP contribution in [0.25, 0.3) is 0 Å². The molecule has 1 fully saturated rings. The Balaban J connectivity index is 2.86. The smallest absolute Gasteiger partial charge is 0.240 e. The van der Waals surface area contributed by atoms with E-state index in [-0.39, 0.29) is 10.4 Å². The topological polar surface area (TPSA) is 84.9 Å². The van der Waals surface area contributed by atoms with E-state index in [1.165, 1.54) is 0 Å². The van der Waals surface area contributed by atoms with Crippen LogP contribution in [0.1, 0.15) is 95.1 Å². The first kappa shape index (κ1) is 35.6. The van der Waals surface area contributed by atoms with E-state index in [2.05, 4.69) is 87.8 Å². The lowest BCUT2D eigenvalue weighted by atomic mass is 10.1. The summed E-state index contributed by atoms with van der Waals surface area (Å²) >= 11 is 0. The first-order valence-electron chi connectivity index (χ1n) is 15.4. The maximum atomic E-state index is 14.1. The Kier molecular flexibility index (Phi) is 12.3. The maximum absolute atomic E-state index is 14.1. The largest absolute Gasteiger partial charge is 0.411 e. The minimum atomic E-state index is -3.89. The Labute approximate surface area is 248 Å². The standard InChI is InChI=1S/C31H59NO5SSi2/c1-20(2)39(21(3)4,22(5)6)30-29(32-38(34,35)27-16-14-26(13)15-17-27)28(18-19-36-31(30)33)37-40(23(7)8,24(9)10)25(11)12/h14-17,20-25,28-33H,18-19H2,1-13H3/t28-,29-,30+,31?/m0/s1. The molecule has 1 heterocycles. The molecule has 4 atom stereocenters. The molecule has 40 heavy (non-hydrogen) atoms. The summed E-state index contributed by atoms with van der Waals surface area (Å²) in [7, 11) is -8.75. The van der Waals surface area contributed by atoms with Crippen LogP contribution < -0.4 is 4.72 Å². The molecule has 9 heteroatoms. The second-order valence-corrected chi connectivity index (χ2v) is 27.2. The molecule has 1 aromatic rings. The van der Waals surface area contributed by atoms with Crippen LogP contribution in [0.4, 0.5) is 0 Å². The van der Waals surface area contributed by atoms with Gasteiger partial charge in [0.25, 0.3) is 0 Å². The van der Waals surface area contributed by atoms with Crippen molar-refractivity contribution in [3.05, 3.63) is 29.8 Å². The van der Waals surface area contributed by atoms with Gasteiger partial charge in [-0.15, -0.1) is 0 Å². The van der Waals surface area contributed by atoms with Gasteiger partial charge in [-0.1, -0.05) is 117 Å². The fraction of sp³-hybridized carbons (Fsp3) is 0.806. The van der Waals surface area contributed by atoms with E-state index in [9.17, 15) is 13.5 Å². The van der Waals surface area contributed by atoms with E-state index in [1.807, 2.05) is 19.1 Å². The average Bonchev–Trinajstić information content (AvgIpc) is 2.95. The molecule has 1 unspecified atom stereocenters. The van der Waals surface area contributed by atoms with Gasteiger partial charge in [0.05, 0.1) is 31.7 Å². The highest BCUT2D eigenvalue weighted by atomic mass is 32.2. The minimum absolute atomic E-state index is 0.237. The summed E-state index contributed by atoms with van der Waals surface area (Å²) in [6, 6.07) is 6.38. The molecule has 232 valence electrons. The highest BCUT2D eigenvalue weighted by Crippen LogP contribution is 2.54. The molecule has 1 saturated heterocycles. The second-order valence-electron chi connectivity index (χ2n) is 14.0. The van der Waals surface area contributed by atoms with Crippen molar-refractivity contribution >= 4 is 26.4 Å². The molecule has 0 saturated carbocycles. The fourth-order valence-electron chi connectivity index (χ4n) is 8.63. The Morgan fingerprint density at radius 3 is 1.68 bits per heavy atom. The van der Waals surface area contributed by atoms with Crippen LogP contribution in [0.2, 0.25) is 38.8 Å². The SMILES string of the molecule is Cc1ccc(S(=O)(=O)N[C@H]2[C@@H](O[Si](C(C)C)(C(C)C)C(C)C)CCOC(O)[C@@H]2[Si](C(C)C)(C(C)C)C(C)C)cc1. The highest BCUT2D eigenvalue weighted by Gasteiger charge is 2.59. The van der Waals surface area contributed by atoms with Crippen molar-refractivity contribution in [1.29, 1.82) is 0 Å². The van der Waals surface area contributed by atoms with E-state index >= 15 is 0 Å². The van der Waals surface area contributed by atoms with Crippen LogP contribution in [0.5, 0.6) is 0 Å². The van der Waals surface area contributed by atoms with Crippen LogP contribution in [-0.2, 0) is 19.2 Å².